The van der Waals surface area contributed by atoms with Gasteiger partial charge in [-0.05, 0) is 67.7 Å². The van der Waals surface area contributed by atoms with Crippen molar-refractivity contribution in [1.82, 2.24) is 14.9 Å². The number of nitrogens with one attached hydrogen (secondary N) is 1. The zero-order chi connectivity index (χ0) is 26.5. The predicted molar refractivity (Wildman–Crippen MR) is 137 cm³/mol. The van der Waals surface area contributed by atoms with E-state index in [0.717, 1.165) is 47.8 Å². The molecule has 1 saturated carbocycles. The molecule has 198 valence electrons. The van der Waals surface area contributed by atoms with Crippen LogP contribution in [0.1, 0.15) is 72.0 Å². The second-order valence-corrected chi connectivity index (χ2v) is 11.3. The largest absolute Gasteiger partial charge is 0.458 e. The highest BCUT2D eigenvalue weighted by Crippen LogP contribution is 2.46. The Balaban J connectivity index is 1.45. The molecule has 3 aromatic rings. The van der Waals surface area contributed by atoms with Crippen LogP contribution in [0.15, 0.2) is 16.9 Å². The van der Waals surface area contributed by atoms with E-state index in [1.54, 1.807) is 17.6 Å². The van der Waals surface area contributed by atoms with Gasteiger partial charge in [0.2, 0.25) is 0 Å². The molecule has 2 aromatic heterocycles. The van der Waals surface area contributed by atoms with E-state index in [1.165, 1.54) is 6.07 Å². The van der Waals surface area contributed by atoms with Crippen LogP contribution in [0.3, 0.4) is 0 Å². The summed E-state index contributed by atoms with van der Waals surface area (Å²) in [5.74, 6) is -0.741. The van der Waals surface area contributed by atoms with Gasteiger partial charge < -0.3 is 24.8 Å². The van der Waals surface area contributed by atoms with Crippen molar-refractivity contribution in [3.8, 4) is 11.4 Å². The van der Waals surface area contributed by atoms with E-state index in [1.807, 2.05) is 6.92 Å². The maximum Gasteiger partial charge on any atom is 0.343 e. The molecule has 38 heavy (non-hydrogen) atoms. The monoisotopic (exact) mass is 519 g/mol. The molecule has 2 aliphatic heterocycles. The first-order valence-electron chi connectivity index (χ1n) is 13.4. The highest BCUT2D eigenvalue weighted by atomic mass is 19.1. The number of aliphatic hydroxyl groups excluding tert-OH is 1. The normalized spacial score (nSPS) is 27.0. The topological polar surface area (TPSA) is 114 Å². The van der Waals surface area contributed by atoms with Gasteiger partial charge in [-0.3, -0.25) is 4.79 Å². The van der Waals surface area contributed by atoms with Crippen LogP contribution in [0.5, 0.6) is 0 Å². The SMILES string of the molecule is CC[C@@]1(O)C(=O)OCc2c1cc1n(c2=O)Cc2c-1nc1cc(F)c(C)c3c1c2[C@@H](NC1CC(CO)C1)CC3. The molecule has 8 nitrogen and oxygen atoms in total. The molecule has 7 rings (SSSR count). The number of nitrogens with zero attached hydrogens (tertiary/aromatic N) is 2. The van der Waals surface area contributed by atoms with Crippen LogP contribution in [0.25, 0.3) is 22.3 Å². The van der Waals surface area contributed by atoms with Crippen molar-refractivity contribution in [1.29, 1.82) is 0 Å². The van der Waals surface area contributed by atoms with Crippen molar-refractivity contribution in [3.05, 3.63) is 61.7 Å². The first-order chi connectivity index (χ1) is 18.2. The number of rotatable bonds is 4. The predicted octanol–water partition coefficient (Wildman–Crippen LogP) is 2.87. The Kier molecular flexibility index (Phi) is 5.15. The molecule has 1 fully saturated rings. The molecule has 1 aromatic carbocycles. The van der Waals surface area contributed by atoms with Crippen molar-refractivity contribution in [2.75, 3.05) is 6.61 Å². The van der Waals surface area contributed by atoms with Gasteiger partial charge in [0.05, 0.1) is 29.0 Å². The number of hydrogen-bond donors (Lipinski definition) is 3. The van der Waals surface area contributed by atoms with E-state index in [-0.39, 0.29) is 48.2 Å². The highest BCUT2D eigenvalue weighted by molar-refractivity contribution is 5.93. The van der Waals surface area contributed by atoms with Gasteiger partial charge >= 0.3 is 5.97 Å². The number of benzene rings is 1. The smallest absolute Gasteiger partial charge is 0.343 e. The molecule has 3 N–H and O–H groups in total. The highest BCUT2D eigenvalue weighted by Gasteiger charge is 2.46. The summed E-state index contributed by atoms with van der Waals surface area (Å²) in [7, 11) is 0. The van der Waals surface area contributed by atoms with Gasteiger partial charge in [0.25, 0.3) is 5.56 Å². The van der Waals surface area contributed by atoms with Crippen molar-refractivity contribution < 1.29 is 24.1 Å². The van der Waals surface area contributed by atoms with Crippen LogP contribution in [-0.4, -0.2) is 38.4 Å². The van der Waals surface area contributed by atoms with Crippen LogP contribution in [0, 0.1) is 18.7 Å². The van der Waals surface area contributed by atoms with Gasteiger partial charge in [0, 0.05) is 41.3 Å². The van der Waals surface area contributed by atoms with E-state index in [4.69, 9.17) is 9.72 Å². The molecule has 4 heterocycles. The van der Waals surface area contributed by atoms with Gasteiger partial charge in [-0.25, -0.2) is 14.2 Å². The summed E-state index contributed by atoms with van der Waals surface area (Å²) in [6.07, 6.45) is 3.42. The molecule has 0 bridgehead atoms. The van der Waals surface area contributed by atoms with Gasteiger partial charge in [-0.2, -0.15) is 0 Å². The quantitative estimate of drug-likeness (QED) is 0.355. The van der Waals surface area contributed by atoms with E-state index >= 15 is 4.39 Å². The third-order valence-electron chi connectivity index (χ3n) is 9.31. The number of ether oxygens (including phenoxy) is 1. The fourth-order valence-corrected chi connectivity index (χ4v) is 7.03. The molecule has 0 spiro atoms. The lowest BCUT2D eigenvalue weighted by Crippen LogP contribution is -2.45. The number of hydrogen-bond acceptors (Lipinski definition) is 7. The minimum atomic E-state index is -1.90. The minimum Gasteiger partial charge on any atom is -0.458 e. The van der Waals surface area contributed by atoms with Crippen LogP contribution in [0.4, 0.5) is 4.39 Å². The number of aryl methyl sites for hydroxylation is 1. The number of carbonyl (C=O) groups excluding carboxylic acids is 1. The molecule has 2 atom stereocenters. The summed E-state index contributed by atoms with van der Waals surface area (Å²) in [6, 6.07) is 3.48. The van der Waals surface area contributed by atoms with Crippen molar-refractivity contribution >= 4 is 16.9 Å². The molecule has 4 aliphatic rings. The Labute approximate surface area is 218 Å². The molecule has 0 saturated heterocycles. The molecule has 9 heteroatoms. The van der Waals surface area contributed by atoms with Crippen LogP contribution >= 0.6 is 0 Å². The Morgan fingerprint density at radius 2 is 2.03 bits per heavy atom. The molecule has 0 unspecified atom stereocenters. The third-order valence-corrected chi connectivity index (χ3v) is 9.31. The Morgan fingerprint density at radius 1 is 1.24 bits per heavy atom. The maximum atomic E-state index is 15.0. The van der Waals surface area contributed by atoms with E-state index in [9.17, 15) is 19.8 Å². The first-order valence-corrected chi connectivity index (χ1v) is 13.4. The lowest BCUT2D eigenvalue weighted by atomic mass is 9.77. The summed E-state index contributed by atoms with van der Waals surface area (Å²) in [6.45, 7) is 3.81. The number of fused-ring (bicyclic) bond motifs is 5. The summed E-state index contributed by atoms with van der Waals surface area (Å²) < 4.78 is 21.9. The average Bonchev–Trinajstić information content (AvgIpc) is 3.26. The summed E-state index contributed by atoms with van der Waals surface area (Å²) >= 11 is 0. The number of halogens is 1. The summed E-state index contributed by atoms with van der Waals surface area (Å²) in [5.41, 5.74) is 3.59. The molecular formula is C29H30FN3O5. The van der Waals surface area contributed by atoms with E-state index in [0.29, 0.717) is 41.0 Å². The summed E-state index contributed by atoms with van der Waals surface area (Å²) in [5, 5.41) is 25.4. The standard InChI is InChI=1S/C29H30FN3O5/c1-3-29(37)19-8-23-26-17(10-33(23)27(35)18(19)12-38-28(29)36)25-21(31-15-6-14(7-15)11-34)5-4-16-13(2)20(30)9-22(32-26)24(16)25/h8-9,14-15,21,31,34,37H,3-7,10-12H2,1-2H3/t14?,15?,21-,29-/m0/s1. The van der Waals surface area contributed by atoms with E-state index < -0.39 is 11.6 Å². The molecule has 0 amide bonds. The lowest BCUT2D eigenvalue weighted by molar-refractivity contribution is -0.172. The number of esters is 1. The number of cyclic esters (lactones) is 1. The van der Waals surface area contributed by atoms with Crippen molar-refractivity contribution in [2.24, 2.45) is 5.92 Å². The average molecular weight is 520 g/mol. The third kappa shape index (κ3) is 3.09. The molecular weight excluding hydrogens is 489 g/mol. The van der Waals surface area contributed by atoms with Crippen LogP contribution < -0.4 is 10.9 Å². The number of aromatic nitrogens is 2. The van der Waals surface area contributed by atoms with Gasteiger partial charge in [-0.1, -0.05) is 6.92 Å². The fraction of sp³-hybridized carbons (Fsp3) is 0.483. The second-order valence-electron chi connectivity index (χ2n) is 11.3. The van der Waals surface area contributed by atoms with Crippen molar-refractivity contribution in [3.63, 3.8) is 0 Å². The number of aliphatic hydroxyl groups is 2. The van der Waals surface area contributed by atoms with Gasteiger partial charge in [-0.15, -0.1) is 0 Å². The second kappa shape index (κ2) is 8.18. The Bertz CT molecular complexity index is 1610. The zero-order valence-electron chi connectivity index (χ0n) is 21.4. The maximum absolute atomic E-state index is 15.0. The minimum absolute atomic E-state index is 0.00776. The molecule has 0 radical (unpaired) electrons. The Hall–Kier alpha value is -3.14. The fourth-order valence-electron chi connectivity index (χ4n) is 7.03. The van der Waals surface area contributed by atoms with Crippen LogP contribution in [0.2, 0.25) is 0 Å². The van der Waals surface area contributed by atoms with Gasteiger partial charge in [0.1, 0.15) is 12.4 Å². The van der Waals surface area contributed by atoms with E-state index in [2.05, 4.69) is 5.32 Å². The molecule has 2 aliphatic carbocycles. The first kappa shape index (κ1) is 23.9. The Morgan fingerprint density at radius 3 is 2.76 bits per heavy atom. The van der Waals surface area contributed by atoms with Crippen molar-refractivity contribution in [2.45, 2.75) is 76.8 Å². The van der Waals surface area contributed by atoms with Crippen LogP contribution in [-0.2, 0) is 34.7 Å². The zero-order valence-corrected chi connectivity index (χ0v) is 21.4. The van der Waals surface area contributed by atoms with Gasteiger partial charge in [0.15, 0.2) is 5.60 Å². The number of pyridine rings is 2. The number of carbonyl (C=O) groups is 1. The lowest BCUT2D eigenvalue weighted by Gasteiger charge is -2.39. The summed E-state index contributed by atoms with van der Waals surface area (Å²) in [4.78, 5) is 31.1.